The van der Waals surface area contributed by atoms with Crippen LogP contribution in [0, 0.1) is 6.92 Å². The zero-order chi connectivity index (χ0) is 22.8. The Morgan fingerprint density at radius 1 is 0.909 bits per heavy atom. The molecule has 1 aliphatic rings. The van der Waals surface area contributed by atoms with Gasteiger partial charge in [0.2, 0.25) is 0 Å². The number of hydrogen-bond donors (Lipinski definition) is 1. The average molecular weight is 458 g/mol. The van der Waals surface area contributed by atoms with Crippen LogP contribution in [0.4, 0.5) is 5.69 Å². The normalized spacial score (nSPS) is 17.6. The summed E-state index contributed by atoms with van der Waals surface area (Å²) >= 11 is 5.75. The van der Waals surface area contributed by atoms with Crippen molar-refractivity contribution in [1.29, 1.82) is 0 Å². The van der Waals surface area contributed by atoms with Gasteiger partial charge in [-0.2, -0.15) is 0 Å². The van der Waals surface area contributed by atoms with E-state index in [-0.39, 0.29) is 12.1 Å². The number of rotatable bonds is 6. The molecule has 1 aliphatic heterocycles. The zero-order valence-corrected chi connectivity index (χ0v) is 19.1. The Kier molecular flexibility index (Phi) is 5.71. The van der Waals surface area contributed by atoms with Crippen LogP contribution in [0.3, 0.4) is 0 Å². The van der Waals surface area contributed by atoms with E-state index in [2.05, 4.69) is 15.2 Å². The van der Waals surface area contributed by atoms with Gasteiger partial charge in [-0.25, -0.2) is 0 Å². The monoisotopic (exact) mass is 457 g/mol. The molecule has 2 aromatic heterocycles. The van der Waals surface area contributed by atoms with Crippen molar-refractivity contribution in [3.63, 3.8) is 0 Å². The molecule has 0 radical (unpaired) electrons. The number of anilines is 1. The third kappa shape index (κ3) is 4.27. The maximum atomic E-state index is 6.04. The Labute approximate surface area is 197 Å². The highest BCUT2D eigenvalue weighted by Crippen LogP contribution is 2.42. The van der Waals surface area contributed by atoms with Crippen LogP contribution in [-0.4, -0.2) is 17.2 Å². The van der Waals surface area contributed by atoms with Crippen molar-refractivity contribution in [2.75, 3.05) is 12.0 Å². The number of methoxy groups -OCH3 is 1. The third-order valence-electron chi connectivity index (χ3n) is 5.56. The molecule has 0 amide bonds. The first kappa shape index (κ1) is 21.0. The molecule has 166 valence electrons. The molecule has 0 saturated carbocycles. The Morgan fingerprint density at radius 2 is 1.61 bits per heavy atom. The number of aryl methyl sites for hydroxylation is 1. The molecular formula is C26H23N3O3S. The van der Waals surface area contributed by atoms with Crippen molar-refractivity contribution in [3.8, 4) is 17.2 Å². The van der Waals surface area contributed by atoms with E-state index in [1.807, 2.05) is 85.8 Å². The van der Waals surface area contributed by atoms with Crippen molar-refractivity contribution in [3.05, 3.63) is 102 Å². The zero-order valence-electron chi connectivity index (χ0n) is 18.3. The fourth-order valence-electron chi connectivity index (χ4n) is 3.99. The van der Waals surface area contributed by atoms with Gasteiger partial charge in [0.25, 0.3) is 0 Å². The largest absolute Gasteiger partial charge is 0.497 e. The number of hydrogen-bond acceptors (Lipinski definition) is 5. The Bertz CT molecular complexity index is 1240. The number of nitrogens with one attached hydrogen (secondary N) is 1. The number of aromatic nitrogens is 1. The van der Waals surface area contributed by atoms with Gasteiger partial charge < -0.3 is 24.1 Å². The average Bonchev–Trinajstić information content (AvgIpc) is 3.43. The van der Waals surface area contributed by atoms with Gasteiger partial charge in [-0.3, -0.25) is 4.98 Å². The minimum atomic E-state index is -0.172. The summed E-state index contributed by atoms with van der Waals surface area (Å²) in [5, 5.41) is 4.05. The molecule has 0 aliphatic carbocycles. The van der Waals surface area contributed by atoms with Crippen LogP contribution in [0.1, 0.15) is 29.3 Å². The highest BCUT2D eigenvalue weighted by Gasteiger charge is 2.42. The standard InChI is InChI=1S/C26H23N3O3S/c1-17-6-15-23(31-17)25-24(22-5-3-4-16-27-22)28-26(33)29(25)18-7-9-20(10-8-18)32-21-13-11-19(30-2)12-14-21/h3-16,24-25H,1-2H3,(H,28,33)/t24-,25+/m1/s1. The minimum Gasteiger partial charge on any atom is -0.497 e. The topological polar surface area (TPSA) is 59.8 Å². The molecule has 2 atom stereocenters. The fourth-order valence-corrected chi connectivity index (χ4v) is 4.33. The van der Waals surface area contributed by atoms with E-state index in [0.717, 1.165) is 40.2 Å². The van der Waals surface area contributed by atoms with Crippen molar-refractivity contribution in [2.24, 2.45) is 0 Å². The van der Waals surface area contributed by atoms with Gasteiger partial charge in [0.15, 0.2) is 5.11 Å². The summed E-state index contributed by atoms with van der Waals surface area (Å²) in [7, 11) is 1.64. The van der Waals surface area contributed by atoms with Gasteiger partial charge in [0.05, 0.1) is 18.8 Å². The molecular weight excluding hydrogens is 434 g/mol. The van der Waals surface area contributed by atoms with Crippen molar-refractivity contribution in [1.82, 2.24) is 10.3 Å². The second-order valence-corrected chi connectivity index (χ2v) is 8.10. The van der Waals surface area contributed by atoms with E-state index in [1.54, 1.807) is 13.3 Å². The molecule has 1 N–H and O–H groups in total. The predicted molar refractivity (Wildman–Crippen MR) is 131 cm³/mol. The van der Waals surface area contributed by atoms with E-state index in [0.29, 0.717) is 5.11 Å². The number of ether oxygens (including phenoxy) is 2. The van der Waals surface area contributed by atoms with Gasteiger partial charge in [0, 0.05) is 11.9 Å². The van der Waals surface area contributed by atoms with E-state index in [4.69, 9.17) is 26.1 Å². The lowest BCUT2D eigenvalue weighted by atomic mass is 10.0. The Hall–Kier alpha value is -3.84. The molecule has 7 heteroatoms. The second kappa shape index (κ2) is 8.96. The lowest BCUT2D eigenvalue weighted by Crippen LogP contribution is -2.29. The minimum absolute atomic E-state index is 0.139. The number of benzene rings is 2. The first-order chi connectivity index (χ1) is 16.1. The van der Waals surface area contributed by atoms with E-state index < -0.39 is 0 Å². The predicted octanol–water partition coefficient (Wildman–Crippen LogP) is 5.96. The smallest absolute Gasteiger partial charge is 0.174 e. The summed E-state index contributed by atoms with van der Waals surface area (Å²) < 4.78 is 17.2. The third-order valence-corrected chi connectivity index (χ3v) is 5.88. The van der Waals surface area contributed by atoms with Gasteiger partial charge in [0.1, 0.15) is 34.8 Å². The summed E-state index contributed by atoms with van der Waals surface area (Å²) in [6.45, 7) is 1.94. The summed E-state index contributed by atoms with van der Waals surface area (Å²) in [6, 6.07) is 24.9. The van der Waals surface area contributed by atoms with Crippen LogP contribution in [-0.2, 0) is 0 Å². The lowest BCUT2D eigenvalue weighted by molar-refractivity contribution is 0.413. The molecule has 0 spiro atoms. The van der Waals surface area contributed by atoms with Crippen LogP contribution in [0.25, 0.3) is 0 Å². The van der Waals surface area contributed by atoms with Crippen LogP contribution in [0.5, 0.6) is 17.2 Å². The molecule has 1 saturated heterocycles. The summed E-state index contributed by atoms with van der Waals surface area (Å²) in [4.78, 5) is 6.63. The quantitative estimate of drug-likeness (QED) is 0.358. The van der Waals surface area contributed by atoms with Gasteiger partial charge in [-0.05, 0) is 91.9 Å². The highest BCUT2D eigenvalue weighted by molar-refractivity contribution is 7.80. The fraction of sp³-hybridized carbons (Fsp3) is 0.154. The Balaban J connectivity index is 1.44. The number of thiocarbonyl (C=S) groups is 1. The maximum absolute atomic E-state index is 6.04. The number of pyridine rings is 1. The van der Waals surface area contributed by atoms with Crippen molar-refractivity contribution in [2.45, 2.75) is 19.0 Å². The van der Waals surface area contributed by atoms with Crippen LogP contribution >= 0.6 is 12.2 Å². The van der Waals surface area contributed by atoms with Crippen LogP contribution in [0.15, 0.2) is 89.5 Å². The molecule has 0 unspecified atom stereocenters. The SMILES string of the molecule is COc1ccc(Oc2ccc(N3C(=S)N[C@H](c4ccccn4)[C@@H]3c3ccc(C)o3)cc2)cc1. The molecule has 6 nitrogen and oxygen atoms in total. The van der Waals surface area contributed by atoms with Gasteiger partial charge >= 0.3 is 0 Å². The summed E-state index contributed by atoms with van der Waals surface area (Å²) in [6.07, 6.45) is 1.79. The molecule has 1 fully saturated rings. The second-order valence-electron chi connectivity index (χ2n) is 7.72. The van der Waals surface area contributed by atoms with Crippen LogP contribution in [0.2, 0.25) is 0 Å². The van der Waals surface area contributed by atoms with Crippen LogP contribution < -0.4 is 19.7 Å². The highest BCUT2D eigenvalue weighted by atomic mass is 32.1. The molecule has 33 heavy (non-hydrogen) atoms. The summed E-state index contributed by atoms with van der Waals surface area (Å²) in [5.74, 6) is 3.93. The molecule has 5 rings (SSSR count). The van der Waals surface area contributed by atoms with Gasteiger partial charge in [-0.1, -0.05) is 6.07 Å². The molecule has 4 aromatic rings. The van der Waals surface area contributed by atoms with E-state index in [9.17, 15) is 0 Å². The van der Waals surface area contributed by atoms with Gasteiger partial charge in [-0.15, -0.1) is 0 Å². The van der Waals surface area contributed by atoms with E-state index >= 15 is 0 Å². The molecule has 0 bridgehead atoms. The molecule has 3 heterocycles. The van der Waals surface area contributed by atoms with Crippen molar-refractivity contribution < 1.29 is 13.9 Å². The first-order valence-electron chi connectivity index (χ1n) is 10.6. The maximum Gasteiger partial charge on any atom is 0.174 e. The summed E-state index contributed by atoms with van der Waals surface area (Å²) in [5.41, 5.74) is 1.84. The number of furan rings is 1. The lowest BCUT2D eigenvalue weighted by Gasteiger charge is -2.26. The molecule has 2 aromatic carbocycles. The Morgan fingerprint density at radius 3 is 2.21 bits per heavy atom. The van der Waals surface area contributed by atoms with Crippen molar-refractivity contribution >= 4 is 23.0 Å². The van der Waals surface area contributed by atoms with E-state index in [1.165, 1.54) is 0 Å². The number of nitrogens with zero attached hydrogens (tertiary/aromatic N) is 2. The first-order valence-corrected chi connectivity index (χ1v) is 11.0.